The van der Waals surface area contributed by atoms with Crippen molar-refractivity contribution in [3.63, 3.8) is 0 Å². The summed E-state index contributed by atoms with van der Waals surface area (Å²) in [6, 6.07) is 9.99. The van der Waals surface area contributed by atoms with E-state index >= 15 is 0 Å². The van der Waals surface area contributed by atoms with Gasteiger partial charge in [0, 0.05) is 22.3 Å². The van der Waals surface area contributed by atoms with Gasteiger partial charge in [0.2, 0.25) is 11.8 Å². The number of nitrogens with one attached hydrogen (secondary N) is 2. The molecule has 0 unspecified atom stereocenters. The van der Waals surface area contributed by atoms with Gasteiger partial charge in [-0.1, -0.05) is 11.6 Å². The second-order valence-electron chi connectivity index (χ2n) is 5.03. The lowest BCUT2D eigenvalue weighted by Gasteiger charge is -2.04. The number of hydrazone groups is 1. The molecule has 9 nitrogen and oxygen atoms in total. The molecular formula is C16H13ClN4O5. The maximum atomic E-state index is 11.7. The number of halogens is 1. The molecule has 0 saturated heterocycles. The van der Waals surface area contributed by atoms with E-state index in [4.69, 9.17) is 11.6 Å². The van der Waals surface area contributed by atoms with Gasteiger partial charge in [-0.05, 0) is 36.4 Å². The number of amides is 2. The summed E-state index contributed by atoms with van der Waals surface area (Å²) in [6.45, 7) is 0. The van der Waals surface area contributed by atoms with E-state index in [2.05, 4.69) is 15.8 Å². The molecule has 0 saturated carbocycles. The average Bonchev–Trinajstić information content (AvgIpc) is 2.58. The van der Waals surface area contributed by atoms with Gasteiger partial charge in [0.05, 0.1) is 11.1 Å². The smallest absolute Gasteiger partial charge is 0.311 e. The van der Waals surface area contributed by atoms with Crippen molar-refractivity contribution in [1.29, 1.82) is 0 Å². The molecule has 2 aromatic carbocycles. The number of phenols is 1. The number of phenolic OH excluding ortho intramolecular Hbond substituents is 1. The number of carbonyl (C=O) groups excluding carboxylic acids is 2. The molecule has 26 heavy (non-hydrogen) atoms. The third kappa shape index (κ3) is 5.56. The quantitative estimate of drug-likeness (QED) is 0.308. The summed E-state index contributed by atoms with van der Waals surface area (Å²) in [4.78, 5) is 33.4. The molecule has 0 aromatic heterocycles. The summed E-state index contributed by atoms with van der Waals surface area (Å²) >= 11 is 5.73. The molecule has 2 aromatic rings. The molecule has 0 aliphatic rings. The minimum atomic E-state index is -0.744. The van der Waals surface area contributed by atoms with Crippen molar-refractivity contribution < 1.29 is 19.6 Å². The highest BCUT2D eigenvalue weighted by Crippen LogP contribution is 2.25. The van der Waals surface area contributed by atoms with E-state index in [0.29, 0.717) is 16.3 Å². The van der Waals surface area contributed by atoms with E-state index < -0.39 is 34.6 Å². The Bertz CT molecular complexity index is 867. The highest BCUT2D eigenvalue weighted by Gasteiger charge is 2.13. The van der Waals surface area contributed by atoms with Gasteiger partial charge < -0.3 is 10.4 Å². The third-order valence-corrected chi connectivity index (χ3v) is 3.30. The van der Waals surface area contributed by atoms with Crippen molar-refractivity contribution >= 4 is 41.0 Å². The Morgan fingerprint density at radius 3 is 2.54 bits per heavy atom. The van der Waals surface area contributed by atoms with E-state index in [0.717, 1.165) is 18.3 Å². The first-order valence-corrected chi connectivity index (χ1v) is 7.57. The molecule has 3 N–H and O–H groups in total. The predicted molar refractivity (Wildman–Crippen MR) is 95.2 cm³/mol. The largest absolute Gasteiger partial charge is 0.502 e. The van der Waals surface area contributed by atoms with Crippen LogP contribution in [0.4, 0.5) is 11.4 Å². The van der Waals surface area contributed by atoms with E-state index in [1.807, 2.05) is 0 Å². The number of aromatic hydroxyl groups is 1. The molecule has 10 heteroatoms. The monoisotopic (exact) mass is 376 g/mol. The first-order chi connectivity index (χ1) is 12.3. The van der Waals surface area contributed by atoms with Crippen LogP contribution in [0.1, 0.15) is 12.0 Å². The van der Waals surface area contributed by atoms with Crippen molar-refractivity contribution in [3.05, 3.63) is 63.2 Å². The second-order valence-corrected chi connectivity index (χ2v) is 5.47. The minimum Gasteiger partial charge on any atom is -0.502 e. The van der Waals surface area contributed by atoms with Crippen LogP contribution in [0.5, 0.6) is 5.75 Å². The van der Waals surface area contributed by atoms with Gasteiger partial charge in [-0.2, -0.15) is 5.10 Å². The van der Waals surface area contributed by atoms with Crippen LogP contribution in [0.3, 0.4) is 0 Å². The number of hydrogen-bond acceptors (Lipinski definition) is 6. The van der Waals surface area contributed by atoms with Gasteiger partial charge in [-0.25, -0.2) is 5.43 Å². The Balaban J connectivity index is 1.87. The lowest BCUT2D eigenvalue weighted by atomic mass is 10.2. The van der Waals surface area contributed by atoms with Crippen molar-refractivity contribution in [3.8, 4) is 5.75 Å². The zero-order valence-electron chi connectivity index (χ0n) is 13.2. The van der Waals surface area contributed by atoms with Gasteiger partial charge in [0.1, 0.15) is 6.42 Å². The van der Waals surface area contributed by atoms with Crippen LogP contribution in [0.25, 0.3) is 0 Å². The normalized spacial score (nSPS) is 10.5. The SMILES string of the molecule is O=C(CC(=O)Nc1ccc(Cl)cc1)NN=Cc1ccc(O)c([N+](=O)[O-])c1. The fourth-order valence-corrected chi connectivity index (χ4v) is 2.00. The Kier molecular flexibility index (Phi) is 6.23. The molecule has 0 aliphatic carbocycles. The summed E-state index contributed by atoms with van der Waals surface area (Å²) in [5.74, 6) is -1.68. The number of nitrogens with zero attached hydrogens (tertiary/aromatic N) is 2. The molecule has 0 radical (unpaired) electrons. The Hall–Kier alpha value is -3.46. The maximum Gasteiger partial charge on any atom is 0.311 e. The van der Waals surface area contributed by atoms with Crippen LogP contribution >= 0.6 is 11.6 Å². The van der Waals surface area contributed by atoms with E-state index in [1.165, 1.54) is 6.07 Å². The second kappa shape index (κ2) is 8.58. The number of benzene rings is 2. The predicted octanol–water partition coefficient (Wildman–Crippen LogP) is 2.43. The molecule has 0 atom stereocenters. The lowest BCUT2D eigenvalue weighted by Crippen LogP contribution is -2.24. The standard InChI is InChI=1S/C16H13ClN4O5/c17-11-2-4-12(5-3-11)19-15(23)8-16(24)20-18-9-10-1-6-14(22)13(7-10)21(25)26/h1-7,9,22H,8H2,(H,19,23)(H,20,24). The molecule has 0 heterocycles. The fourth-order valence-electron chi connectivity index (χ4n) is 1.87. The van der Waals surface area contributed by atoms with Gasteiger partial charge >= 0.3 is 5.69 Å². The first-order valence-electron chi connectivity index (χ1n) is 7.20. The minimum absolute atomic E-state index is 0.292. The van der Waals surface area contributed by atoms with Crippen LogP contribution < -0.4 is 10.7 Å². The summed E-state index contributed by atoms with van der Waals surface area (Å²) in [5, 5.41) is 26.7. The van der Waals surface area contributed by atoms with Crippen molar-refractivity contribution in [2.75, 3.05) is 5.32 Å². The van der Waals surface area contributed by atoms with Crippen LogP contribution in [0, 0.1) is 10.1 Å². The van der Waals surface area contributed by atoms with Crippen LogP contribution in [-0.4, -0.2) is 28.1 Å². The maximum absolute atomic E-state index is 11.7. The molecular weight excluding hydrogens is 364 g/mol. The number of rotatable bonds is 6. The molecule has 0 spiro atoms. The summed E-state index contributed by atoms with van der Waals surface area (Å²) in [7, 11) is 0. The number of hydrogen-bond donors (Lipinski definition) is 3. The summed E-state index contributed by atoms with van der Waals surface area (Å²) in [5.41, 5.74) is 2.44. The van der Waals surface area contributed by atoms with E-state index in [-0.39, 0.29) is 0 Å². The molecule has 2 rings (SSSR count). The van der Waals surface area contributed by atoms with E-state index in [9.17, 15) is 24.8 Å². The zero-order valence-corrected chi connectivity index (χ0v) is 13.9. The number of anilines is 1. The van der Waals surface area contributed by atoms with E-state index in [1.54, 1.807) is 24.3 Å². The van der Waals surface area contributed by atoms with Crippen LogP contribution in [-0.2, 0) is 9.59 Å². The van der Waals surface area contributed by atoms with Crippen molar-refractivity contribution in [2.45, 2.75) is 6.42 Å². The van der Waals surface area contributed by atoms with Crippen molar-refractivity contribution in [1.82, 2.24) is 5.43 Å². The Labute approximate surface area is 152 Å². The van der Waals surface area contributed by atoms with Crippen molar-refractivity contribution in [2.24, 2.45) is 5.10 Å². The lowest BCUT2D eigenvalue weighted by molar-refractivity contribution is -0.385. The number of nitro benzene ring substituents is 1. The topological polar surface area (TPSA) is 134 Å². The molecule has 134 valence electrons. The highest BCUT2D eigenvalue weighted by molar-refractivity contribution is 6.30. The number of nitro groups is 1. The van der Waals surface area contributed by atoms with Gasteiger partial charge in [0.25, 0.3) is 0 Å². The van der Waals surface area contributed by atoms with Gasteiger partial charge in [-0.15, -0.1) is 0 Å². The zero-order chi connectivity index (χ0) is 19.1. The average molecular weight is 377 g/mol. The molecule has 0 fully saturated rings. The van der Waals surface area contributed by atoms with Crippen LogP contribution in [0.2, 0.25) is 5.02 Å². The molecule has 0 aliphatic heterocycles. The summed E-state index contributed by atoms with van der Waals surface area (Å²) < 4.78 is 0. The fraction of sp³-hybridized carbons (Fsp3) is 0.0625. The third-order valence-electron chi connectivity index (χ3n) is 3.05. The van der Waals surface area contributed by atoms with Gasteiger partial charge in [-0.3, -0.25) is 19.7 Å². The Morgan fingerprint density at radius 2 is 1.88 bits per heavy atom. The summed E-state index contributed by atoms with van der Waals surface area (Å²) in [6.07, 6.45) is 0.692. The number of carbonyl (C=O) groups is 2. The highest BCUT2D eigenvalue weighted by atomic mass is 35.5. The van der Waals surface area contributed by atoms with Gasteiger partial charge in [0.15, 0.2) is 5.75 Å². The Morgan fingerprint density at radius 1 is 1.19 bits per heavy atom. The molecule has 0 bridgehead atoms. The van der Waals surface area contributed by atoms with Crippen LogP contribution in [0.15, 0.2) is 47.6 Å². The first kappa shape index (κ1) is 18.9. The molecule has 2 amide bonds.